The molecule has 1 atom stereocenters. The topological polar surface area (TPSA) is 78.4 Å². The molecule has 0 aliphatic carbocycles. The number of hydrogen-bond acceptors (Lipinski definition) is 3. The highest BCUT2D eigenvalue weighted by molar-refractivity contribution is 6.01. The Morgan fingerprint density at radius 1 is 1.14 bits per heavy atom. The monoisotopic (exact) mass is 302 g/mol. The number of halogens is 1. The molecule has 2 aromatic carbocycles. The molecule has 0 unspecified atom stereocenters. The van der Waals surface area contributed by atoms with Gasteiger partial charge in [0.25, 0.3) is 5.91 Å². The van der Waals surface area contributed by atoms with Crippen molar-refractivity contribution < 1.29 is 19.1 Å². The van der Waals surface area contributed by atoms with E-state index in [4.69, 9.17) is 5.11 Å². The molecule has 2 rings (SSSR count). The van der Waals surface area contributed by atoms with E-state index in [9.17, 15) is 14.0 Å². The summed E-state index contributed by atoms with van der Waals surface area (Å²) in [6, 6.07) is 11.1. The van der Waals surface area contributed by atoms with Gasteiger partial charge in [0.15, 0.2) is 0 Å². The Labute approximate surface area is 126 Å². The summed E-state index contributed by atoms with van der Waals surface area (Å²) in [6.07, 6.45) is 0. The molecule has 3 N–H and O–H groups in total. The Hall–Kier alpha value is -2.89. The highest BCUT2D eigenvalue weighted by Crippen LogP contribution is 2.15. The number of rotatable bonds is 4. The van der Waals surface area contributed by atoms with E-state index >= 15 is 0 Å². The van der Waals surface area contributed by atoms with E-state index in [0.717, 1.165) is 12.1 Å². The van der Waals surface area contributed by atoms with Crippen LogP contribution >= 0.6 is 0 Å². The number of amides is 2. The zero-order valence-corrected chi connectivity index (χ0v) is 11.8. The minimum atomic E-state index is -0.854. The molecule has 0 aliphatic heterocycles. The van der Waals surface area contributed by atoms with Crippen LogP contribution in [0.4, 0.5) is 10.1 Å². The maximum absolute atomic E-state index is 13.6. The molecule has 0 spiro atoms. The van der Waals surface area contributed by atoms with Gasteiger partial charge in [0, 0.05) is 11.8 Å². The summed E-state index contributed by atoms with van der Waals surface area (Å²) >= 11 is 0. The first-order chi connectivity index (χ1) is 10.5. The molecule has 22 heavy (non-hydrogen) atoms. The molecule has 114 valence electrons. The van der Waals surface area contributed by atoms with Crippen LogP contribution in [0.25, 0.3) is 0 Å². The summed E-state index contributed by atoms with van der Waals surface area (Å²) in [5.74, 6) is -2.27. The molecule has 0 heterocycles. The second-order valence-corrected chi connectivity index (χ2v) is 4.71. The lowest BCUT2D eigenvalue weighted by Gasteiger charge is -2.14. The molecule has 5 nitrogen and oxygen atoms in total. The average Bonchev–Trinajstić information content (AvgIpc) is 2.47. The lowest BCUT2D eigenvalue weighted by molar-refractivity contribution is -0.117. The normalized spacial score (nSPS) is 11.5. The van der Waals surface area contributed by atoms with Crippen molar-refractivity contribution in [1.82, 2.24) is 5.32 Å². The van der Waals surface area contributed by atoms with E-state index in [1.807, 2.05) is 6.07 Å². The third-order valence-corrected chi connectivity index (χ3v) is 2.98. The van der Waals surface area contributed by atoms with Gasteiger partial charge >= 0.3 is 0 Å². The molecule has 2 amide bonds. The van der Waals surface area contributed by atoms with Crippen LogP contribution in [0.1, 0.15) is 17.3 Å². The highest BCUT2D eigenvalue weighted by atomic mass is 19.1. The van der Waals surface area contributed by atoms with E-state index in [1.165, 1.54) is 13.0 Å². The first-order valence-corrected chi connectivity index (χ1v) is 6.62. The van der Waals surface area contributed by atoms with Crippen LogP contribution in [0.2, 0.25) is 0 Å². The second kappa shape index (κ2) is 6.71. The smallest absolute Gasteiger partial charge is 0.254 e. The van der Waals surface area contributed by atoms with Gasteiger partial charge in [-0.3, -0.25) is 9.59 Å². The van der Waals surface area contributed by atoms with Crippen molar-refractivity contribution in [2.24, 2.45) is 0 Å². The molecule has 0 fully saturated rings. The first kappa shape index (κ1) is 15.5. The summed E-state index contributed by atoms with van der Waals surface area (Å²) in [4.78, 5) is 23.9. The largest absolute Gasteiger partial charge is 0.508 e. The highest BCUT2D eigenvalue weighted by Gasteiger charge is 2.19. The number of benzene rings is 2. The fourth-order valence-corrected chi connectivity index (χ4v) is 1.80. The van der Waals surface area contributed by atoms with Gasteiger partial charge < -0.3 is 15.7 Å². The number of carbonyl (C=O) groups is 2. The minimum absolute atomic E-state index is 0.239. The zero-order valence-electron chi connectivity index (χ0n) is 11.8. The van der Waals surface area contributed by atoms with Crippen molar-refractivity contribution in [1.29, 1.82) is 0 Å². The summed E-state index contributed by atoms with van der Waals surface area (Å²) in [7, 11) is 0. The molecular formula is C16H15FN2O3. The number of para-hydroxylation sites is 1. The number of phenolic OH excluding ortho intramolecular Hbond substituents is 1. The zero-order chi connectivity index (χ0) is 16.1. The lowest BCUT2D eigenvalue weighted by Crippen LogP contribution is -2.41. The lowest BCUT2D eigenvalue weighted by atomic mass is 10.1. The predicted octanol–water partition coefficient (Wildman–Crippen LogP) is 2.29. The van der Waals surface area contributed by atoms with Crippen molar-refractivity contribution in [3.05, 3.63) is 59.9 Å². The van der Waals surface area contributed by atoms with Gasteiger partial charge in [0.05, 0.1) is 5.56 Å². The maximum Gasteiger partial charge on any atom is 0.254 e. The Bertz CT molecular complexity index is 689. The van der Waals surface area contributed by atoms with Crippen LogP contribution in [-0.4, -0.2) is 23.0 Å². The van der Waals surface area contributed by atoms with Crippen LogP contribution in [0.5, 0.6) is 5.75 Å². The third kappa shape index (κ3) is 3.82. The van der Waals surface area contributed by atoms with E-state index in [0.29, 0.717) is 5.69 Å². The Morgan fingerprint density at radius 2 is 1.82 bits per heavy atom. The van der Waals surface area contributed by atoms with E-state index < -0.39 is 23.7 Å². The standard InChI is InChI=1S/C16H15FN2O3/c1-10(15(21)19-11-5-3-2-4-6-11)18-16(22)13-8-7-12(20)9-14(13)17/h2-10,20H,1H3,(H,18,22)(H,19,21)/t10-/m0/s1. The summed E-state index contributed by atoms with van der Waals surface area (Å²) in [6.45, 7) is 1.49. The van der Waals surface area contributed by atoms with Crippen LogP contribution in [-0.2, 0) is 4.79 Å². The number of aromatic hydroxyl groups is 1. The SMILES string of the molecule is C[C@H](NC(=O)c1ccc(O)cc1F)C(=O)Nc1ccccc1. The second-order valence-electron chi connectivity index (χ2n) is 4.71. The fourth-order valence-electron chi connectivity index (χ4n) is 1.80. The van der Waals surface area contributed by atoms with Gasteiger partial charge in [-0.25, -0.2) is 4.39 Å². The molecule has 0 aliphatic rings. The van der Waals surface area contributed by atoms with Crippen LogP contribution in [0.3, 0.4) is 0 Å². The summed E-state index contributed by atoms with van der Waals surface area (Å²) < 4.78 is 13.6. The molecule has 0 saturated heterocycles. The van der Waals surface area contributed by atoms with Crippen LogP contribution in [0.15, 0.2) is 48.5 Å². The minimum Gasteiger partial charge on any atom is -0.508 e. The molecule has 0 saturated carbocycles. The molecule has 0 aromatic heterocycles. The van der Waals surface area contributed by atoms with Crippen LogP contribution in [0, 0.1) is 5.82 Å². The van der Waals surface area contributed by atoms with Gasteiger partial charge in [-0.2, -0.15) is 0 Å². The number of carbonyl (C=O) groups excluding carboxylic acids is 2. The fraction of sp³-hybridized carbons (Fsp3) is 0.125. The Kier molecular flexibility index (Phi) is 4.73. The number of phenols is 1. The average molecular weight is 302 g/mol. The van der Waals surface area contributed by atoms with E-state index in [2.05, 4.69) is 10.6 Å². The van der Waals surface area contributed by atoms with Crippen molar-refractivity contribution in [2.45, 2.75) is 13.0 Å². The summed E-state index contributed by atoms with van der Waals surface area (Å²) in [5.41, 5.74) is 0.363. The van der Waals surface area contributed by atoms with Gasteiger partial charge in [-0.15, -0.1) is 0 Å². The molecule has 6 heteroatoms. The van der Waals surface area contributed by atoms with Crippen molar-refractivity contribution >= 4 is 17.5 Å². The summed E-state index contributed by atoms with van der Waals surface area (Å²) in [5, 5.41) is 14.2. The quantitative estimate of drug-likeness (QED) is 0.811. The van der Waals surface area contributed by atoms with Gasteiger partial charge in [-0.05, 0) is 31.2 Å². The Morgan fingerprint density at radius 3 is 2.45 bits per heavy atom. The number of anilines is 1. The van der Waals surface area contributed by atoms with Gasteiger partial charge in [0.2, 0.25) is 5.91 Å². The van der Waals surface area contributed by atoms with Crippen molar-refractivity contribution in [3.8, 4) is 5.75 Å². The number of hydrogen-bond donors (Lipinski definition) is 3. The maximum atomic E-state index is 13.6. The van der Waals surface area contributed by atoms with Crippen molar-refractivity contribution in [2.75, 3.05) is 5.32 Å². The van der Waals surface area contributed by atoms with Gasteiger partial charge in [-0.1, -0.05) is 18.2 Å². The van der Waals surface area contributed by atoms with Gasteiger partial charge in [0.1, 0.15) is 17.6 Å². The number of nitrogens with one attached hydrogen (secondary N) is 2. The van der Waals surface area contributed by atoms with Crippen molar-refractivity contribution in [3.63, 3.8) is 0 Å². The third-order valence-electron chi connectivity index (χ3n) is 2.98. The van der Waals surface area contributed by atoms with E-state index in [1.54, 1.807) is 24.3 Å². The van der Waals surface area contributed by atoms with Crippen LogP contribution < -0.4 is 10.6 Å². The predicted molar refractivity (Wildman–Crippen MR) is 80.1 cm³/mol. The van der Waals surface area contributed by atoms with E-state index in [-0.39, 0.29) is 11.3 Å². The molecule has 0 bridgehead atoms. The molecule has 0 radical (unpaired) electrons. The molecule has 2 aromatic rings. The molecular weight excluding hydrogens is 287 g/mol. The first-order valence-electron chi connectivity index (χ1n) is 6.62. The Balaban J connectivity index is 2.00.